The molecule has 1 N–H and O–H groups in total. The molecule has 0 saturated heterocycles. The Morgan fingerprint density at radius 1 is 1.50 bits per heavy atom. The molecular formula is C12H18N2O2. The summed E-state index contributed by atoms with van der Waals surface area (Å²) in [4.78, 5) is 12.0. The van der Waals surface area contributed by atoms with E-state index in [2.05, 4.69) is 5.10 Å². The number of carbonyl (C=O) groups excluding carboxylic acids is 1. The Bertz CT molecular complexity index is 367. The first-order chi connectivity index (χ1) is 7.70. The smallest absolute Gasteiger partial charge is 0.209 e. The average Bonchev–Trinajstić information content (AvgIpc) is 2.75. The topological polar surface area (TPSA) is 55.1 Å². The predicted octanol–water partition coefficient (Wildman–Crippen LogP) is 1.54. The molecule has 0 spiro atoms. The first-order valence-electron chi connectivity index (χ1n) is 5.90. The highest BCUT2D eigenvalue weighted by Gasteiger charge is 2.29. The number of hydrogen-bond acceptors (Lipinski definition) is 3. The van der Waals surface area contributed by atoms with Crippen molar-refractivity contribution >= 4 is 5.78 Å². The van der Waals surface area contributed by atoms with Gasteiger partial charge in [-0.25, -0.2) is 0 Å². The highest BCUT2D eigenvalue weighted by atomic mass is 16.3. The second-order valence-corrected chi connectivity index (χ2v) is 4.55. The van der Waals surface area contributed by atoms with Crippen molar-refractivity contribution in [2.75, 3.05) is 0 Å². The maximum atomic E-state index is 12.0. The molecule has 4 nitrogen and oxygen atoms in total. The molecule has 1 aliphatic carbocycles. The van der Waals surface area contributed by atoms with Crippen LogP contribution in [0.15, 0.2) is 12.3 Å². The monoisotopic (exact) mass is 222 g/mol. The van der Waals surface area contributed by atoms with Gasteiger partial charge < -0.3 is 5.11 Å². The van der Waals surface area contributed by atoms with Crippen molar-refractivity contribution in [3.8, 4) is 0 Å². The minimum atomic E-state index is -0.851. The maximum absolute atomic E-state index is 12.0. The molecule has 1 aliphatic rings. The van der Waals surface area contributed by atoms with E-state index in [1.807, 2.05) is 0 Å². The van der Waals surface area contributed by atoms with E-state index < -0.39 is 6.10 Å². The van der Waals surface area contributed by atoms with Gasteiger partial charge in [-0.1, -0.05) is 19.3 Å². The summed E-state index contributed by atoms with van der Waals surface area (Å²) >= 11 is 0. The minimum Gasteiger partial charge on any atom is -0.385 e. The van der Waals surface area contributed by atoms with Gasteiger partial charge in [0.15, 0.2) is 0 Å². The van der Waals surface area contributed by atoms with E-state index in [1.54, 1.807) is 19.3 Å². The third kappa shape index (κ3) is 2.16. The molecule has 4 heteroatoms. The van der Waals surface area contributed by atoms with Crippen molar-refractivity contribution in [2.45, 2.75) is 38.2 Å². The Morgan fingerprint density at radius 2 is 2.19 bits per heavy atom. The largest absolute Gasteiger partial charge is 0.385 e. The SMILES string of the molecule is Cn1nccc1C(=O)C(O)C1CCCCC1. The third-order valence-electron chi connectivity index (χ3n) is 3.44. The van der Waals surface area contributed by atoms with E-state index in [1.165, 1.54) is 11.1 Å². The fraction of sp³-hybridized carbons (Fsp3) is 0.667. The molecule has 16 heavy (non-hydrogen) atoms. The number of rotatable bonds is 3. The van der Waals surface area contributed by atoms with Gasteiger partial charge in [0.25, 0.3) is 0 Å². The summed E-state index contributed by atoms with van der Waals surface area (Å²) in [6.45, 7) is 0. The van der Waals surface area contributed by atoms with E-state index in [0.29, 0.717) is 5.69 Å². The molecule has 88 valence electrons. The zero-order chi connectivity index (χ0) is 11.5. The molecule has 0 bridgehead atoms. The van der Waals surface area contributed by atoms with Gasteiger partial charge in [0, 0.05) is 13.2 Å². The lowest BCUT2D eigenvalue weighted by atomic mass is 9.83. The molecule has 1 aromatic heterocycles. The normalized spacial score (nSPS) is 19.6. The van der Waals surface area contributed by atoms with Crippen molar-refractivity contribution in [2.24, 2.45) is 13.0 Å². The quantitative estimate of drug-likeness (QED) is 0.789. The molecule has 1 heterocycles. The first-order valence-corrected chi connectivity index (χ1v) is 5.90. The predicted molar refractivity (Wildman–Crippen MR) is 60.1 cm³/mol. The van der Waals surface area contributed by atoms with E-state index in [4.69, 9.17) is 0 Å². The fourth-order valence-electron chi connectivity index (χ4n) is 2.43. The second kappa shape index (κ2) is 4.78. The summed E-state index contributed by atoms with van der Waals surface area (Å²) in [5, 5.41) is 14.0. The molecule has 0 aliphatic heterocycles. The maximum Gasteiger partial charge on any atom is 0.209 e. The highest BCUT2D eigenvalue weighted by molar-refractivity contribution is 5.97. The van der Waals surface area contributed by atoms with Gasteiger partial charge in [-0.2, -0.15) is 5.10 Å². The van der Waals surface area contributed by atoms with Crippen molar-refractivity contribution in [3.63, 3.8) is 0 Å². The number of aromatic nitrogens is 2. The number of aryl methyl sites for hydroxylation is 1. The van der Waals surface area contributed by atoms with Gasteiger partial charge >= 0.3 is 0 Å². The van der Waals surface area contributed by atoms with Crippen molar-refractivity contribution < 1.29 is 9.90 Å². The number of hydrogen-bond donors (Lipinski definition) is 1. The van der Waals surface area contributed by atoms with E-state index >= 15 is 0 Å². The van der Waals surface area contributed by atoms with Crippen LogP contribution in [0.4, 0.5) is 0 Å². The van der Waals surface area contributed by atoms with Crippen molar-refractivity contribution in [1.29, 1.82) is 0 Å². The summed E-state index contributed by atoms with van der Waals surface area (Å²) in [6, 6.07) is 1.66. The number of aliphatic hydroxyl groups is 1. The lowest BCUT2D eigenvalue weighted by Crippen LogP contribution is -2.32. The van der Waals surface area contributed by atoms with Crippen LogP contribution in [0.3, 0.4) is 0 Å². The van der Waals surface area contributed by atoms with Crippen molar-refractivity contribution in [3.05, 3.63) is 18.0 Å². The summed E-state index contributed by atoms with van der Waals surface area (Å²) in [5.41, 5.74) is 0.498. The van der Waals surface area contributed by atoms with Gasteiger partial charge in [-0.3, -0.25) is 9.48 Å². The van der Waals surface area contributed by atoms with Gasteiger partial charge in [-0.05, 0) is 24.8 Å². The summed E-state index contributed by atoms with van der Waals surface area (Å²) in [6.07, 6.45) is 6.14. The Kier molecular flexibility index (Phi) is 3.39. The van der Waals surface area contributed by atoms with Crippen LogP contribution in [0.5, 0.6) is 0 Å². The second-order valence-electron chi connectivity index (χ2n) is 4.55. The molecule has 1 unspecified atom stereocenters. The molecule has 1 atom stereocenters. The zero-order valence-electron chi connectivity index (χ0n) is 9.59. The molecule has 2 rings (SSSR count). The van der Waals surface area contributed by atoms with Crippen molar-refractivity contribution in [1.82, 2.24) is 9.78 Å². The summed E-state index contributed by atoms with van der Waals surface area (Å²) in [7, 11) is 1.72. The van der Waals surface area contributed by atoms with Gasteiger partial charge in [0.2, 0.25) is 5.78 Å². The third-order valence-corrected chi connectivity index (χ3v) is 3.44. The standard InChI is InChI=1S/C12H18N2O2/c1-14-10(7-8-13-14)12(16)11(15)9-5-3-2-4-6-9/h7-9,11,15H,2-6H2,1H3. The summed E-state index contributed by atoms with van der Waals surface area (Å²) in [5.74, 6) is -0.0527. The Balaban J connectivity index is 2.06. The Morgan fingerprint density at radius 3 is 2.75 bits per heavy atom. The van der Waals surface area contributed by atoms with Crippen LogP contribution >= 0.6 is 0 Å². The molecule has 1 saturated carbocycles. The fourth-order valence-corrected chi connectivity index (χ4v) is 2.43. The van der Waals surface area contributed by atoms with Crippen LogP contribution in [0.1, 0.15) is 42.6 Å². The molecule has 1 fully saturated rings. The Labute approximate surface area is 95.3 Å². The van der Waals surface area contributed by atoms with Gasteiger partial charge in [0.05, 0.1) is 0 Å². The molecule has 0 radical (unpaired) electrons. The van der Waals surface area contributed by atoms with E-state index in [0.717, 1.165) is 25.7 Å². The van der Waals surface area contributed by atoms with Crippen LogP contribution < -0.4 is 0 Å². The van der Waals surface area contributed by atoms with Crippen LogP contribution in [0.25, 0.3) is 0 Å². The minimum absolute atomic E-state index is 0.135. The Hall–Kier alpha value is -1.16. The zero-order valence-corrected chi connectivity index (χ0v) is 9.59. The molecule has 0 aromatic carbocycles. The lowest BCUT2D eigenvalue weighted by molar-refractivity contribution is 0.0525. The average molecular weight is 222 g/mol. The highest BCUT2D eigenvalue weighted by Crippen LogP contribution is 2.27. The molecular weight excluding hydrogens is 204 g/mol. The molecule has 1 aromatic rings. The number of nitrogens with zero attached hydrogens (tertiary/aromatic N) is 2. The lowest BCUT2D eigenvalue weighted by Gasteiger charge is -2.25. The van der Waals surface area contributed by atoms with E-state index in [-0.39, 0.29) is 11.7 Å². The number of ketones is 1. The van der Waals surface area contributed by atoms with Gasteiger partial charge in [0.1, 0.15) is 11.8 Å². The van der Waals surface area contributed by atoms with Gasteiger partial charge in [-0.15, -0.1) is 0 Å². The van der Waals surface area contributed by atoms with E-state index in [9.17, 15) is 9.90 Å². The van der Waals surface area contributed by atoms with Crippen LogP contribution in [0.2, 0.25) is 0 Å². The van der Waals surface area contributed by atoms with Crippen LogP contribution in [0, 0.1) is 5.92 Å². The van der Waals surface area contributed by atoms with Crippen LogP contribution in [-0.4, -0.2) is 26.8 Å². The first kappa shape index (κ1) is 11.3. The molecule has 0 amide bonds. The summed E-state index contributed by atoms with van der Waals surface area (Å²) < 4.78 is 1.52. The number of carbonyl (C=O) groups is 1. The number of Topliss-reactive ketones (excluding diaryl/α,β-unsaturated/α-hetero) is 1. The van der Waals surface area contributed by atoms with Crippen LogP contribution in [-0.2, 0) is 7.05 Å². The number of aliphatic hydroxyl groups excluding tert-OH is 1.